The molecule has 4 aliphatic heterocycles. The van der Waals surface area contributed by atoms with Gasteiger partial charge in [-0.2, -0.15) is 5.10 Å². The summed E-state index contributed by atoms with van der Waals surface area (Å²) in [5.74, 6) is 1.94. The molecule has 0 radical (unpaired) electrons. The summed E-state index contributed by atoms with van der Waals surface area (Å²) in [6, 6.07) is 6.96. The monoisotopic (exact) mass is 569 g/mol. The molecule has 1 N–H and O–H groups in total. The molecule has 42 heavy (non-hydrogen) atoms. The van der Waals surface area contributed by atoms with Crippen molar-refractivity contribution < 1.29 is 9.53 Å². The minimum atomic E-state index is 0.127. The van der Waals surface area contributed by atoms with Gasteiger partial charge in [0.1, 0.15) is 0 Å². The number of ether oxygens (including phenoxy) is 1. The van der Waals surface area contributed by atoms with E-state index in [1.165, 1.54) is 41.8 Å². The molecule has 4 aliphatic rings. The number of pyridine rings is 2. The van der Waals surface area contributed by atoms with E-state index in [0.29, 0.717) is 12.6 Å². The van der Waals surface area contributed by atoms with Crippen LogP contribution in [-0.2, 0) is 35.3 Å². The molecule has 2 saturated heterocycles. The van der Waals surface area contributed by atoms with Crippen molar-refractivity contribution in [3.05, 3.63) is 53.1 Å². The Morgan fingerprint density at radius 2 is 1.90 bits per heavy atom. The lowest BCUT2D eigenvalue weighted by Gasteiger charge is -2.32. The minimum absolute atomic E-state index is 0.127. The summed E-state index contributed by atoms with van der Waals surface area (Å²) < 4.78 is 7.93. The maximum absolute atomic E-state index is 12.4. The number of carbonyl (C=O) groups excluding carboxylic acids is 1. The van der Waals surface area contributed by atoms with Gasteiger partial charge in [-0.3, -0.25) is 19.4 Å². The zero-order valence-corrected chi connectivity index (χ0v) is 24.9. The van der Waals surface area contributed by atoms with E-state index in [2.05, 4.69) is 33.1 Å². The number of rotatable bonds is 6. The van der Waals surface area contributed by atoms with E-state index in [1.54, 1.807) is 6.92 Å². The first kappa shape index (κ1) is 27.5. The van der Waals surface area contributed by atoms with Crippen LogP contribution < -0.4 is 10.2 Å². The van der Waals surface area contributed by atoms with Crippen LogP contribution in [0.1, 0.15) is 74.0 Å². The highest BCUT2D eigenvalue weighted by molar-refractivity contribution is 5.75. The van der Waals surface area contributed by atoms with Gasteiger partial charge in [0.05, 0.1) is 30.2 Å². The lowest BCUT2D eigenvalue weighted by Crippen LogP contribution is -2.36. The standard InChI is InChI=1S/C33H43N7O2/c1-23(41)38-16-10-31-29(22-38)33(37-40(31)28-11-17-42-18-12-28)39-15-2-3-25-19-30(36-21-32(25)39)26-5-7-27(35-20-26)6-4-24-8-13-34-14-9-24/h5,7,19-21,24,28,34H,2-4,6,8-18,22H2,1H3. The lowest BCUT2D eigenvalue weighted by atomic mass is 9.92. The van der Waals surface area contributed by atoms with Crippen LogP contribution in [0.3, 0.4) is 0 Å². The van der Waals surface area contributed by atoms with Gasteiger partial charge in [-0.25, -0.2) is 0 Å². The quantitative estimate of drug-likeness (QED) is 0.464. The topological polar surface area (TPSA) is 88.4 Å². The molecule has 2 fully saturated rings. The van der Waals surface area contributed by atoms with Crippen molar-refractivity contribution in [2.45, 2.75) is 77.3 Å². The summed E-state index contributed by atoms with van der Waals surface area (Å²) >= 11 is 0. The molecule has 0 saturated carbocycles. The van der Waals surface area contributed by atoms with Gasteiger partial charge in [-0.05, 0) is 94.1 Å². The molecule has 0 unspecified atom stereocenters. The highest BCUT2D eigenvalue weighted by atomic mass is 16.5. The highest BCUT2D eigenvalue weighted by Gasteiger charge is 2.33. The van der Waals surface area contributed by atoms with E-state index in [4.69, 9.17) is 19.8 Å². The number of nitrogens with zero attached hydrogens (tertiary/aromatic N) is 6. The van der Waals surface area contributed by atoms with E-state index in [9.17, 15) is 4.79 Å². The molecular weight excluding hydrogens is 526 g/mol. The number of aryl methyl sites for hydroxylation is 2. The Bertz CT molecular complexity index is 1410. The summed E-state index contributed by atoms with van der Waals surface area (Å²) in [6.07, 6.45) is 13.7. The Balaban J connectivity index is 1.14. The summed E-state index contributed by atoms with van der Waals surface area (Å²) in [5, 5.41) is 8.74. The molecule has 222 valence electrons. The third-order valence-electron chi connectivity index (χ3n) is 9.77. The molecule has 9 nitrogen and oxygen atoms in total. The van der Waals surface area contributed by atoms with Crippen molar-refractivity contribution >= 4 is 17.4 Å². The van der Waals surface area contributed by atoms with Crippen LogP contribution in [0, 0.1) is 5.92 Å². The molecule has 0 aromatic carbocycles. The third kappa shape index (κ3) is 5.56. The van der Waals surface area contributed by atoms with Gasteiger partial charge >= 0.3 is 0 Å². The maximum atomic E-state index is 12.4. The van der Waals surface area contributed by atoms with Gasteiger partial charge in [-0.1, -0.05) is 0 Å². The van der Waals surface area contributed by atoms with E-state index in [-0.39, 0.29) is 5.91 Å². The number of carbonyl (C=O) groups is 1. The molecule has 7 heterocycles. The molecule has 0 spiro atoms. The first-order valence-electron chi connectivity index (χ1n) is 16.0. The van der Waals surface area contributed by atoms with E-state index in [1.807, 2.05) is 17.3 Å². The average molecular weight is 570 g/mol. The summed E-state index contributed by atoms with van der Waals surface area (Å²) in [5.41, 5.74) is 8.14. The van der Waals surface area contributed by atoms with Crippen molar-refractivity contribution in [1.82, 2.24) is 30.0 Å². The normalized spacial score (nSPS) is 19.9. The summed E-state index contributed by atoms with van der Waals surface area (Å²) in [6.45, 7) is 7.80. The SMILES string of the molecule is CC(=O)N1CCc2c(c(N3CCCc4cc(-c5ccc(CCC6CCNCC6)nc5)ncc43)nn2C2CCOCC2)C1. The van der Waals surface area contributed by atoms with Crippen LogP contribution in [0.15, 0.2) is 30.6 Å². The molecule has 1 amide bonds. The molecule has 9 heteroatoms. The van der Waals surface area contributed by atoms with Crippen molar-refractivity contribution in [2.75, 3.05) is 44.3 Å². The average Bonchev–Trinajstić information content (AvgIpc) is 3.43. The second-order valence-electron chi connectivity index (χ2n) is 12.5. The van der Waals surface area contributed by atoms with Crippen LogP contribution in [0.2, 0.25) is 0 Å². The Morgan fingerprint density at radius 3 is 2.69 bits per heavy atom. The number of anilines is 2. The number of nitrogens with one attached hydrogen (secondary N) is 1. The number of amides is 1. The number of aromatic nitrogens is 4. The smallest absolute Gasteiger partial charge is 0.219 e. The zero-order chi connectivity index (χ0) is 28.5. The first-order chi connectivity index (χ1) is 20.6. The second-order valence-corrected chi connectivity index (χ2v) is 12.5. The fourth-order valence-electron chi connectivity index (χ4n) is 7.25. The first-order valence-corrected chi connectivity index (χ1v) is 16.0. The van der Waals surface area contributed by atoms with Crippen LogP contribution in [0.25, 0.3) is 11.3 Å². The van der Waals surface area contributed by atoms with Crippen LogP contribution in [0.5, 0.6) is 0 Å². The summed E-state index contributed by atoms with van der Waals surface area (Å²) in [4.78, 5) is 26.4. The number of piperidine rings is 1. The molecule has 3 aromatic heterocycles. The van der Waals surface area contributed by atoms with Gasteiger partial charge in [0, 0.05) is 68.4 Å². The Hall–Kier alpha value is -3.30. The lowest BCUT2D eigenvalue weighted by molar-refractivity contribution is -0.129. The molecular formula is C33H43N7O2. The van der Waals surface area contributed by atoms with Gasteiger partial charge in [0.25, 0.3) is 0 Å². The second kappa shape index (κ2) is 12.1. The van der Waals surface area contributed by atoms with Gasteiger partial charge in [0.2, 0.25) is 5.91 Å². The maximum Gasteiger partial charge on any atom is 0.219 e. The minimum Gasteiger partial charge on any atom is -0.381 e. The highest BCUT2D eigenvalue weighted by Crippen LogP contribution is 2.40. The van der Waals surface area contributed by atoms with E-state index >= 15 is 0 Å². The van der Waals surface area contributed by atoms with E-state index < -0.39 is 0 Å². The van der Waals surface area contributed by atoms with Crippen LogP contribution >= 0.6 is 0 Å². The van der Waals surface area contributed by atoms with Gasteiger partial charge in [-0.15, -0.1) is 0 Å². The van der Waals surface area contributed by atoms with Crippen LogP contribution in [-0.4, -0.2) is 69.9 Å². The Labute approximate surface area is 248 Å². The molecule has 0 atom stereocenters. The Kier molecular flexibility index (Phi) is 7.95. The largest absolute Gasteiger partial charge is 0.381 e. The number of hydrogen-bond donors (Lipinski definition) is 1. The predicted octanol–water partition coefficient (Wildman–Crippen LogP) is 4.61. The fourth-order valence-corrected chi connectivity index (χ4v) is 7.25. The molecule has 7 rings (SSSR count). The zero-order valence-electron chi connectivity index (χ0n) is 24.9. The number of hydrogen-bond acceptors (Lipinski definition) is 7. The van der Waals surface area contributed by atoms with Crippen molar-refractivity contribution in [3.8, 4) is 11.3 Å². The van der Waals surface area contributed by atoms with Crippen molar-refractivity contribution in [1.29, 1.82) is 0 Å². The number of fused-ring (bicyclic) bond motifs is 2. The molecule has 3 aromatic rings. The van der Waals surface area contributed by atoms with Gasteiger partial charge in [0.15, 0.2) is 5.82 Å². The van der Waals surface area contributed by atoms with Crippen LogP contribution in [0.4, 0.5) is 11.5 Å². The summed E-state index contributed by atoms with van der Waals surface area (Å²) in [7, 11) is 0. The third-order valence-corrected chi connectivity index (χ3v) is 9.77. The van der Waals surface area contributed by atoms with E-state index in [0.717, 1.165) is 107 Å². The molecule has 0 bridgehead atoms. The van der Waals surface area contributed by atoms with Crippen molar-refractivity contribution in [3.63, 3.8) is 0 Å². The predicted molar refractivity (Wildman–Crippen MR) is 163 cm³/mol. The Morgan fingerprint density at radius 1 is 1.05 bits per heavy atom. The fraction of sp³-hybridized carbons (Fsp3) is 0.576. The van der Waals surface area contributed by atoms with Crippen molar-refractivity contribution in [2.24, 2.45) is 5.92 Å². The molecule has 0 aliphatic carbocycles. The van der Waals surface area contributed by atoms with Gasteiger partial charge < -0.3 is 19.9 Å².